The molecule has 1 aliphatic rings. The van der Waals surface area contributed by atoms with Crippen molar-refractivity contribution in [1.82, 2.24) is 20.8 Å². The number of hydrazine groups is 2. The number of nitrogens with zero attached hydrogens (tertiary/aromatic N) is 3. The summed E-state index contributed by atoms with van der Waals surface area (Å²) in [6, 6.07) is 0. The first-order valence-electron chi connectivity index (χ1n) is 2.84. The highest BCUT2D eigenvalue weighted by Crippen LogP contribution is 1.92. The fourth-order valence-electron chi connectivity index (χ4n) is 0.660. The molecule has 1 heterocycles. The summed E-state index contributed by atoms with van der Waals surface area (Å²) in [5.74, 6) is 0.762. The second kappa shape index (κ2) is 4.68. The van der Waals surface area contributed by atoms with E-state index in [1.807, 2.05) is 0 Å². The van der Waals surface area contributed by atoms with E-state index in [4.69, 9.17) is 35.3 Å². The Morgan fingerprint density at radius 2 is 2.17 bits per heavy atom. The Bertz CT molecular complexity index is 194. The van der Waals surface area contributed by atoms with Gasteiger partial charge < -0.3 is 5.32 Å². The number of halogens is 3. The van der Waals surface area contributed by atoms with Crippen molar-refractivity contribution in [1.29, 1.82) is 0 Å². The third-order valence-electron chi connectivity index (χ3n) is 1.10. The Morgan fingerprint density at radius 1 is 1.42 bits per heavy atom. The summed E-state index contributed by atoms with van der Waals surface area (Å²) < 4.78 is 6.73. The summed E-state index contributed by atoms with van der Waals surface area (Å²) in [7, 11) is 0. The molecular weight excluding hydrogens is 226 g/mol. The van der Waals surface area contributed by atoms with E-state index in [9.17, 15) is 0 Å². The van der Waals surface area contributed by atoms with Gasteiger partial charge in [0.05, 0.1) is 6.54 Å². The minimum Gasteiger partial charge on any atom is -0.310 e. The lowest BCUT2D eigenvalue weighted by Gasteiger charge is -2.27. The third kappa shape index (κ3) is 2.36. The maximum absolute atomic E-state index is 5.31. The molecule has 1 rings (SSSR count). The fourth-order valence-corrected chi connectivity index (χ4v) is 0.938. The summed E-state index contributed by atoms with van der Waals surface area (Å²) in [4.78, 5) is 2.31. The van der Waals surface area contributed by atoms with Gasteiger partial charge in [0.25, 0.3) is 0 Å². The van der Waals surface area contributed by atoms with Crippen LogP contribution in [0, 0.1) is 0 Å². The van der Waals surface area contributed by atoms with E-state index in [2.05, 4.69) is 24.7 Å². The zero-order chi connectivity index (χ0) is 8.97. The van der Waals surface area contributed by atoms with Crippen LogP contribution in [-0.2, 0) is 0 Å². The summed E-state index contributed by atoms with van der Waals surface area (Å²) in [5, 5.41) is 4.09. The Morgan fingerprint density at radius 3 is 2.67 bits per heavy atom. The number of guanidine groups is 1. The Hall–Kier alpha value is -0.270. The van der Waals surface area contributed by atoms with E-state index < -0.39 is 0 Å². The largest absolute Gasteiger partial charge is 0.310 e. The zero-order valence-corrected chi connectivity index (χ0v) is 7.95. The second-order valence-electron chi connectivity index (χ2n) is 1.87. The van der Waals surface area contributed by atoms with Crippen LogP contribution in [0.2, 0.25) is 0 Å². The van der Waals surface area contributed by atoms with Crippen LogP contribution in [0.25, 0.3) is 0 Å². The molecule has 0 bridgehead atoms. The quantitative estimate of drug-likeness (QED) is 0.561. The summed E-state index contributed by atoms with van der Waals surface area (Å²) in [6.45, 7) is 0.364. The molecule has 0 spiro atoms. The molecule has 0 aromatic rings. The maximum atomic E-state index is 5.31. The lowest BCUT2D eigenvalue weighted by molar-refractivity contribution is 0.227. The van der Waals surface area contributed by atoms with Gasteiger partial charge in [0.1, 0.15) is 5.84 Å². The summed E-state index contributed by atoms with van der Waals surface area (Å²) in [6.07, 6.45) is 0. The van der Waals surface area contributed by atoms with Gasteiger partial charge in [-0.1, -0.05) is 0 Å². The average molecular weight is 231 g/mol. The molecule has 0 unspecified atom stereocenters. The first-order chi connectivity index (χ1) is 5.80. The lowest BCUT2D eigenvalue weighted by Crippen LogP contribution is -2.61. The van der Waals surface area contributed by atoms with Crippen LogP contribution >= 0.6 is 35.3 Å². The molecule has 1 fully saturated rings. The predicted molar refractivity (Wildman–Crippen MR) is 48.5 cm³/mol. The molecule has 9 heteroatoms. The van der Waals surface area contributed by atoms with Gasteiger partial charge in [-0.05, 0) is 11.8 Å². The molecule has 0 aliphatic carbocycles. The molecule has 0 atom stereocenters. The van der Waals surface area contributed by atoms with E-state index in [0.717, 1.165) is 0 Å². The van der Waals surface area contributed by atoms with E-state index in [-0.39, 0.29) is 5.96 Å². The average Bonchev–Trinajstić information content (AvgIpc) is 2.16. The Labute approximate surface area is 83.8 Å². The molecule has 1 aliphatic heterocycles. The Balaban J connectivity index is 2.65. The van der Waals surface area contributed by atoms with Crippen molar-refractivity contribution in [2.45, 2.75) is 0 Å². The number of nitrogens with one attached hydrogen (secondary N) is 3. The van der Waals surface area contributed by atoms with Crippen LogP contribution in [0.15, 0.2) is 9.02 Å². The lowest BCUT2D eigenvalue weighted by atomic mass is 10.5. The van der Waals surface area contributed by atoms with Crippen LogP contribution in [0.4, 0.5) is 0 Å². The van der Waals surface area contributed by atoms with Crippen molar-refractivity contribution in [2.24, 2.45) is 9.02 Å². The smallest absolute Gasteiger partial charge is 0.230 e. The molecule has 0 radical (unpaired) electrons. The second-order valence-corrected chi connectivity index (χ2v) is 2.38. The minimum atomic E-state index is 0.287. The van der Waals surface area contributed by atoms with Gasteiger partial charge in [-0.2, -0.15) is 4.51 Å². The standard InChI is InChI=1S/C3H5Cl3N6/c4-8-2-1-12(11-6)10-3(7-2)9-5/h11H,1H2,(H2,7,8,9,10). The van der Waals surface area contributed by atoms with Gasteiger partial charge >= 0.3 is 0 Å². The van der Waals surface area contributed by atoms with Gasteiger partial charge in [-0.25, -0.2) is 0 Å². The van der Waals surface area contributed by atoms with Crippen molar-refractivity contribution in [3.63, 3.8) is 0 Å². The van der Waals surface area contributed by atoms with E-state index >= 15 is 0 Å². The van der Waals surface area contributed by atoms with Crippen molar-refractivity contribution in [3.8, 4) is 0 Å². The van der Waals surface area contributed by atoms with Crippen molar-refractivity contribution in [3.05, 3.63) is 0 Å². The van der Waals surface area contributed by atoms with Gasteiger partial charge in [0, 0.05) is 23.6 Å². The number of hydrogen-bond donors (Lipinski definition) is 3. The van der Waals surface area contributed by atoms with E-state index in [1.165, 1.54) is 5.12 Å². The van der Waals surface area contributed by atoms with Gasteiger partial charge in [0.2, 0.25) is 5.96 Å². The summed E-state index contributed by atoms with van der Waals surface area (Å²) >= 11 is 15.7. The number of amidine groups is 1. The maximum Gasteiger partial charge on any atom is 0.230 e. The third-order valence-corrected chi connectivity index (χ3v) is 1.68. The van der Waals surface area contributed by atoms with E-state index in [0.29, 0.717) is 12.4 Å². The highest BCUT2D eigenvalue weighted by Gasteiger charge is 2.17. The molecule has 0 aromatic heterocycles. The highest BCUT2D eigenvalue weighted by atomic mass is 35.5. The molecule has 12 heavy (non-hydrogen) atoms. The zero-order valence-electron chi connectivity index (χ0n) is 5.68. The monoisotopic (exact) mass is 230 g/mol. The SMILES string of the molecule is ClN=C1CN(NCl)NC(=NCl)N1. The van der Waals surface area contributed by atoms with Gasteiger partial charge in [0.15, 0.2) is 0 Å². The van der Waals surface area contributed by atoms with Crippen molar-refractivity contribution < 1.29 is 0 Å². The normalized spacial score (nSPS) is 25.6. The van der Waals surface area contributed by atoms with Crippen LogP contribution in [0.5, 0.6) is 0 Å². The fraction of sp³-hybridized carbons (Fsp3) is 0.333. The van der Waals surface area contributed by atoms with Crippen LogP contribution in [0.1, 0.15) is 0 Å². The molecule has 0 amide bonds. The molecule has 6 nitrogen and oxygen atoms in total. The molecule has 1 saturated heterocycles. The number of hydrogen-bond acceptors (Lipinski definition) is 4. The first kappa shape index (κ1) is 9.82. The molecule has 0 saturated carbocycles. The van der Waals surface area contributed by atoms with Crippen LogP contribution in [0.3, 0.4) is 0 Å². The Kier molecular flexibility index (Phi) is 3.83. The first-order valence-corrected chi connectivity index (χ1v) is 3.90. The molecule has 3 N–H and O–H groups in total. The molecule has 0 aromatic carbocycles. The minimum absolute atomic E-state index is 0.287. The highest BCUT2D eigenvalue weighted by molar-refractivity contribution is 6.24. The van der Waals surface area contributed by atoms with Gasteiger partial charge in [-0.15, -0.1) is 14.6 Å². The van der Waals surface area contributed by atoms with Crippen molar-refractivity contribution in [2.75, 3.05) is 6.54 Å². The van der Waals surface area contributed by atoms with Crippen molar-refractivity contribution >= 4 is 47.1 Å². The molecular formula is C3H5Cl3N6. The van der Waals surface area contributed by atoms with Crippen LogP contribution < -0.4 is 15.7 Å². The van der Waals surface area contributed by atoms with Gasteiger partial charge in [-0.3, -0.25) is 5.43 Å². The van der Waals surface area contributed by atoms with Crippen LogP contribution in [-0.4, -0.2) is 23.5 Å². The number of rotatable bonds is 1. The summed E-state index contributed by atoms with van der Waals surface area (Å²) in [5.41, 5.74) is 2.67. The topological polar surface area (TPSA) is 64.0 Å². The molecule has 68 valence electrons. The van der Waals surface area contributed by atoms with E-state index in [1.54, 1.807) is 0 Å². The predicted octanol–water partition coefficient (Wildman–Crippen LogP) is 0.117.